The molecule has 0 N–H and O–H groups in total. The number of amides is 2. The summed E-state index contributed by atoms with van der Waals surface area (Å²) in [6, 6.07) is 13.9. The third-order valence-corrected chi connectivity index (χ3v) is 8.06. The highest BCUT2D eigenvalue weighted by Gasteiger charge is 2.37. The molecule has 9 heteroatoms. The number of benzene rings is 2. The van der Waals surface area contributed by atoms with Crippen molar-refractivity contribution in [3.8, 4) is 5.75 Å². The minimum absolute atomic E-state index is 0.0437. The summed E-state index contributed by atoms with van der Waals surface area (Å²) in [5.74, 6) is -0.103. The summed E-state index contributed by atoms with van der Waals surface area (Å²) in [6.45, 7) is -1.21. The normalized spacial score (nSPS) is 20.9. The van der Waals surface area contributed by atoms with Gasteiger partial charge < -0.3 is 14.5 Å². The number of piperazine rings is 1. The lowest BCUT2D eigenvalue weighted by Crippen LogP contribution is -2.52. The van der Waals surface area contributed by atoms with Gasteiger partial charge in [0.1, 0.15) is 5.75 Å². The number of alkyl halides is 2. The first-order valence-electron chi connectivity index (χ1n) is 12.0. The van der Waals surface area contributed by atoms with Crippen LogP contribution in [0.1, 0.15) is 47.0 Å². The van der Waals surface area contributed by atoms with E-state index in [-0.39, 0.29) is 29.4 Å². The van der Waals surface area contributed by atoms with Crippen LogP contribution in [0.3, 0.4) is 0 Å². The number of aromatic nitrogens is 1. The molecule has 184 valence electrons. The highest BCUT2D eigenvalue weighted by atomic mass is 32.1. The minimum Gasteiger partial charge on any atom is -0.435 e. The van der Waals surface area contributed by atoms with E-state index in [2.05, 4.69) is 10.8 Å². The van der Waals surface area contributed by atoms with Crippen LogP contribution in [0.5, 0.6) is 5.75 Å². The van der Waals surface area contributed by atoms with E-state index in [0.717, 1.165) is 40.9 Å². The second-order valence-electron chi connectivity index (χ2n) is 9.04. The van der Waals surface area contributed by atoms with E-state index in [9.17, 15) is 18.4 Å². The Bertz CT molecular complexity index is 1180. The van der Waals surface area contributed by atoms with Gasteiger partial charge in [0.25, 0.3) is 5.91 Å². The minimum atomic E-state index is -2.94. The van der Waals surface area contributed by atoms with Gasteiger partial charge in [-0.25, -0.2) is 4.98 Å². The maximum atomic E-state index is 13.6. The highest BCUT2D eigenvalue weighted by Crippen LogP contribution is 2.41. The van der Waals surface area contributed by atoms with Gasteiger partial charge in [-0.2, -0.15) is 8.78 Å². The average molecular weight is 500 g/mol. The third-order valence-electron chi connectivity index (χ3n) is 6.90. The Labute approximate surface area is 206 Å². The molecule has 2 fully saturated rings. The fourth-order valence-electron chi connectivity index (χ4n) is 5.12. The predicted molar refractivity (Wildman–Crippen MR) is 130 cm³/mol. The van der Waals surface area contributed by atoms with Crippen LogP contribution in [0, 0.1) is 5.92 Å². The van der Waals surface area contributed by atoms with Crippen LogP contribution in [0.15, 0.2) is 48.5 Å². The summed E-state index contributed by atoms with van der Waals surface area (Å²) in [5, 5.41) is 1.05. The van der Waals surface area contributed by atoms with Crippen LogP contribution in [-0.4, -0.2) is 59.4 Å². The third kappa shape index (κ3) is 5.15. The lowest BCUT2D eigenvalue weighted by atomic mass is 9.78. The molecule has 1 saturated heterocycles. The van der Waals surface area contributed by atoms with Gasteiger partial charge in [-0.3, -0.25) is 9.59 Å². The first kappa shape index (κ1) is 23.7. The van der Waals surface area contributed by atoms with Crippen LogP contribution >= 0.6 is 11.3 Å². The molecule has 0 bridgehead atoms. The summed E-state index contributed by atoms with van der Waals surface area (Å²) in [4.78, 5) is 34.8. The van der Waals surface area contributed by atoms with Crippen molar-refractivity contribution in [3.63, 3.8) is 0 Å². The van der Waals surface area contributed by atoms with Gasteiger partial charge in [0.05, 0.1) is 15.2 Å². The van der Waals surface area contributed by atoms with Crippen molar-refractivity contribution in [2.75, 3.05) is 26.2 Å². The monoisotopic (exact) mass is 499 g/mol. The number of thiazole rings is 1. The van der Waals surface area contributed by atoms with Crippen molar-refractivity contribution < 1.29 is 23.1 Å². The molecule has 1 aromatic heterocycles. The Morgan fingerprint density at radius 3 is 2.49 bits per heavy atom. The molecule has 5 rings (SSSR count). The van der Waals surface area contributed by atoms with Crippen LogP contribution in [0.4, 0.5) is 8.78 Å². The van der Waals surface area contributed by atoms with E-state index >= 15 is 0 Å². The van der Waals surface area contributed by atoms with Gasteiger partial charge in [0.2, 0.25) is 5.91 Å². The summed E-state index contributed by atoms with van der Waals surface area (Å²) in [5.41, 5.74) is 1.28. The number of ether oxygens (including phenoxy) is 1. The largest absolute Gasteiger partial charge is 0.435 e. The smallest absolute Gasteiger partial charge is 0.387 e. The molecule has 1 saturated carbocycles. The SMILES string of the molecule is O=C(c1cccc(OC(F)F)c1)N1CCN(C(=O)[C@H]2CCCC[C@H]2c2nc3ccccc3s2)CC1. The standard InChI is InChI=1S/C26H27F2N3O3S/c27-26(28)34-18-7-5-6-17(16-18)24(32)30-12-14-31(15-13-30)25(33)20-9-2-1-8-19(20)23-29-21-10-3-4-11-22(21)35-23/h3-7,10-11,16,19-20,26H,1-2,8-9,12-15H2/t19-,20+/m1/s1. The Morgan fingerprint density at radius 1 is 0.971 bits per heavy atom. The molecular weight excluding hydrogens is 472 g/mol. The van der Waals surface area contributed by atoms with E-state index in [4.69, 9.17) is 4.98 Å². The zero-order valence-electron chi connectivity index (χ0n) is 19.2. The highest BCUT2D eigenvalue weighted by molar-refractivity contribution is 7.18. The van der Waals surface area contributed by atoms with Crippen LogP contribution in [0.25, 0.3) is 10.2 Å². The zero-order valence-corrected chi connectivity index (χ0v) is 20.1. The number of carbonyl (C=O) groups is 2. The molecule has 2 heterocycles. The van der Waals surface area contributed by atoms with Crippen molar-refractivity contribution in [3.05, 3.63) is 59.1 Å². The summed E-state index contributed by atoms with van der Waals surface area (Å²) in [6.07, 6.45) is 3.95. The number of fused-ring (bicyclic) bond motifs is 1. The number of hydrogen-bond donors (Lipinski definition) is 0. The molecule has 2 aromatic carbocycles. The van der Waals surface area contributed by atoms with Crippen molar-refractivity contribution in [1.29, 1.82) is 0 Å². The van der Waals surface area contributed by atoms with Crippen molar-refractivity contribution >= 4 is 33.4 Å². The van der Waals surface area contributed by atoms with E-state index in [1.54, 1.807) is 22.3 Å². The number of rotatable bonds is 5. The molecule has 2 atom stereocenters. The second kappa shape index (κ2) is 10.3. The first-order chi connectivity index (χ1) is 17.0. The van der Waals surface area contributed by atoms with Gasteiger partial charge in [-0.1, -0.05) is 31.0 Å². The summed E-state index contributed by atoms with van der Waals surface area (Å²) in [7, 11) is 0. The molecule has 2 aliphatic rings. The number of hydrogen-bond acceptors (Lipinski definition) is 5. The maximum Gasteiger partial charge on any atom is 0.387 e. The molecule has 0 spiro atoms. The van der Waals surface area contributed by atoms with Gasteiger partial charge in [-0.15, -0.1) is 11.3 Å². The van der Waals surface area contributed by atoms with Gasteiger partial charge in [-0.05, 0) is 43.2 Å². The van der Waals surface area contributed by atoms with Crippen LogP contribution in [0.2, 0.25) is 0 Å². The Morgan fingerprint density at radius 2 is 1.71 bits per heavy atom. The zero-order chi connectivity index (χ0) is 24.4. The lowest BCUT2D eigenvalue weighted by molar-refractivity contribution is -0.138. The molecule has 6 nitrogen and oxygen atoms in total. The fourth-order valence-corrected chi connectivity index (χ4v) is 6.29. The molecule has 1 aliphatic heterocycles. The molecule has 0 unspecified atom stereocenters. The molecule has 0 radical (unpaired) electrons. The number of carbonyl (C=O) groups excluding carboxylic acids is 2. The van der Waals surface area contributed by atoms with Gasteiger partial charge in [0.15, 0.2) is 0 Å². The fraction of sp³-hybridized carbons (Fsp3) is 0.423. The molecule has 1 aliphatic carbocycles. The van der Waals surface area contributed by atoms with Crippen LogP contribution in [-0.2, 0) is 4.79 Å². The second-order valence-corrected chi connectivity index (χ2v) is 10.1. The summed E-state index contributed by atoms with van der Waals surface area (Å²) >= 11 is 1.69. The topological polar surface area (TPSA) is 62.7 Å². The van der Waals surface area contributed by atoms with E-state index in [1.165, 1.54) is 18.2 Å². The predicted octanol–water partition coefficient (Wildman–Crippen LogP) is 5.16. The Balaban J connectivity index is 1.24. The van der Waals surface area contributed by atoms with Crippen molar-refractivity contribution in [2.45, 2.75) is 38.2 Å². The molecule has 3 aromatic rings. The Kier molecular flexibility index (Phi) is 6.95. The molecule has 2 amide bonds. The van der Waals surface area contributed by atoms with E-state index in [0.29, 0.717) is 31.7 Å². The Hall–Kier alpha value is -3.07. The van der Waals surface area contributed by atoms with Gasteiger partial charge in [0, 0.05) is 43.6 Å². The molecule has 35 heavy (non-hydrogen) atoms. The number of nitrogens with zero attached hydrogens (tertiary/aromatic N) is 3. The van der Waals surface area contributed by atoms with E-state index in [1.807, 2.05) is 23.1 Å². The first-order valence-corrected chi connectivity index (χ1v) is 12.8. The average Bonchev–Trinajstić information content (AvgIpc) is 3.32. The summed E-state index contributed by atoms with van der Waals surface area (Å²) < 4.78 is 30.6. The lowest BCUT2D eigenvalue weighted by Gasteiger charge is -2.39. The van der Waals surface area contributed by atoms with Crippen LogP contribution < -0.4 is 4.74 Å². The van der Waals surface area contributed by atoms with E-state index < -0.39 is 6.61 Å². The van der Waals surface area contributed by atoms with Crippen molar-refractivity contribution in [1.82, 2.24) is 14.8 Å². The van der Waals surface area contributed by atoms with Gasteiger partial charge >= 0.3 is 6.61 Å². The quantitative estimate of drug-likeness (QED) is 0.487. The number of para-hydroxylation sites is 1. The maximum absolute atomic E-state index is 13.6. The molecular formula is C26H27F2N3O3S. The van der Waals surface area contributed by atoms with Crippen molar-refractivity contribution in [2.24, 2.45) is 5.92 Å². The number of halogens is 2.